The third kappa shape index (κ3) is 1.71. The van der Waals surface area contributed by atoms with E-state index in [0.29, 0.717) is 11.3 Å². The standard InChI is InChI=1S/C12H12ClN3/c1-7-3-2-4-9-10(7)11(14-8-5-6-8)16-12(13)15-9/h2-4,8H,5-6H2,1H3,(H,14,15,16). The molecule has 0 saturated heterocycles. The summed E-state index contributed by atoms with van der Waals surface area (Å²) in [7, 11) is 0. The number of halogens is 1. The van der Waals surface area contributed by atoms with Gasteiger partial charge in [0.2, 0.25) is 5.28 Å². The van der Waals surface area contributed by atoms with E-state index in [1.54, 1.807) is 0 Å². The fourth-order valence-electron chi connectivity index (χ4n) is 1.85. The van der Waals surface area contributed by atoms with E-state index < -0.39 is 0 Å². The van der Waals surface area contributed by atoms with Crippen LogP contribution in [0.1, 0.15) is 18.4 Å². The third-order valence-electron chi connectivity index (χ3n) is 2.82. The van der Waals surface area contributed by atoms with Crippen LogP contribution in [0.15, 0.2) is 18.2 Å². The molecule has 0 bridgehead atoms. The maximum Gasteiger partial charge on any atom is 0.224 e. The zero-order valence-corrected chi connectivity index (χ0v) is 9.75. The summed E-state index contributed by atoms with van der Waals surface area (Å²) in [6, 6.07) is 6.59. The van der Waals surface area contributed by atoms with Crippen LogP contribution in [0.5, 0.6) is 0 Å². The second kappa shape index (κ2) is 3.59. The van der Waals surface area contributed by atoms with Crippen LogP contribution in [0.4, 0.5) is 5.82 Å². The zero-order chi connectivity index (χ0) is 11.1. The number of nitrogens with zero attached hydrogens (tertiary/aromatic N) is 2. The molecule has 1 aliphatic carbocycles. The number of aryl methyl sites for hydroxylation is 1. The van der Waals surface area contributed by atoms with Crippen LogP contribution >= 0.6 is 11.6 Å². The quantitative estimate of drug-likeness (QED) is 0.810. The van der Waals surface area contributed by atoms with Crippen molar-refractivity contribution < 1.29 is 0 Å². The molecule has 1 aromatic heterocycles. The lowest BCUT2D eigenvalue weighted by Gasteiger charge is -2.09. The van der Waals surface area contributed by atoms with Crippen molar-refractivity contribution in [1.82, 2.24) is 9.97 Å². The maximum absolute atomic E-state index is 5.92. The van der Waals surface area contributed by atoms with Crippen molar-refractivity contribution in [3.63, 3.8) is 0 Å². The molecule has 1 heterocycles. The Hall–Kier alpha value is -1.35. The molecule has 0 amide bonds. The highest BCUT2D eigenvalue weighted by atomic mass is 35.5. The van der Waals surface area contributed by atoms with E-state index >= 15 is 0 Å². The van der Waals surface area contributed by atoms with Crippen molar-refractivity contribution in [3.05, 3.63) is 29.0 Å². The molecule has 0 radical (unpaired) electrons. The molecule has 16 heavy (non-hydrogen) atoms. The molecule has 0 spiro atoms. The van der Waals surface area contributed by atoms with Gasteiger partial charge < -0.3 is 5.32 Å². The molecule has 0 atom stereocenters. The van der Waals surface area contributed by atoms with Crippen LogP contribution in [0, 0.1) is 6.92 Å². The van der Waals surface area contributed by atoms with E-state index in [1.807, 2.05) is 12.1 Å². The Balaban J connectivity index is 2.22. The molecule has 1 aromatic carbocycles. The predicted molar refractivity (Wildman–Crippen MR) is 65.9 cm³/mol. The van der Waals surface area contributed by atoms with Gasteiger partial charge in [-0.2, -0.15) is 0 Å². The van der Waals surface area contributed by atoms with Crippen molar-refractivity contribution in [3.8, 4) is 0 Å². The average molecular weight is 234 g/mol. The van der Waals surface area contributed by atoms with Crippen LogP contribution < -0.4 is 5.32 Å². The summed E-state index contributed by atoms with van der Waals surface area (Å²) in [6.45, 7) is 2.07. The summed E-state index contributed by atoms with van der Waals surface area (Å²) in [6.07, 6.45) is 2.43. The second-order valence-corrected chi connectivity index (χ2v) is 4.57. The van der Waals surface area contributed by atoms with Gasteiger partial charge in [-0.3, -0.25) is 0 Å². The van der Waals surface area contributed by atoms with Gasteiger partial charge in [-0.05, 0) is 43.0 Å². The number of rotatable bonds is 2. The van der Waals surface area contributed by atoms with E-state index in [-0.39, 0.29) is 0 Å². The molecule has 0 aliphatic heterocycles. The Morgan fingerprint density at radius 2 is 2.12 bits per heavy atom. The third-order valence-corrected chi connectivity index (χ3v) is 2.99. The molecule has 1 N–H and O–H groups in total. The highest BCUT2D eigenvalue weighted by Gasteiger charge is 2.23. The van der Waals surface area contributed by atoms with Gasteiger partial charge in [-0.1, -0.05) is 12.1 Å². The normalized spacial score (nSPS) is 15.4. The largest absolute Gasteiger partial charge is 0.367 e. The molecule has 4 heteroatoms. The molecule has 0 unspecified atom stereocenters. The lowest BCUT2D eigenvalue weighted by molar-refractivity contribution is 1.10. The van der Waals surface area contributed by atoms with Crippen LogP contribution in [0.3, 0.4) is 0 Å². The van der Waals surface area contributed by atoms with Crippen molar-refractivity contribution in [2.75, 3.05) is 5.32 Å². The monoisotopic (exact) mass is 233 g/mol. The van der Waals surface area contributed by atoms with Gasteiger partial charge in [0, 0.05) is 11.4 Å². The van der Waals surface area contributed by atoms with Crippen molar-refractivity contribution >= 4 is 28.3 Å². The molecule has 82 valence electrons. The first kappa shape index (κ1) is 9.85. The minimum absolute atomic E-state index is 0.307. The second-order valence-electron chi connectivity index (χ2n) is 4.23. The van der Waals surface area contributed by atoms with Gasteiger partial charge >= 0.3 is 0 Å². The average Bonchev–Trinajstić information content (AvgIpc) is 3.01. The molecule has 1 aliphatic rings. The number of aromatic nitrogens is 2. The van der Waals surface area contributed by atoms with Gasteiger partial charge in [0.05, 0.1) is 5.52 Å². The van der Waals surface area contributed by atoms with Crippen LogP contribution in [0.25, 0.3) is 10.9 Å². The van der Waals surface area contributed by atoms with Gasteiger partial charge in [-0.25, -0.2) is 9.97 Å². The number of benzene rings is 1. The topological polar surface area (TPSA) is 37.8 Å². The molecule has 2 aromatic rings. The van der Waals surface area contributed by atoms with Gasteiger partial charge in [-0.15, -0.1) is 0 Å². The lowest BCUT2D eigenvalue weighted by atomic mass is 10.1. The Bertz CT molecular complexity index is 549. The minimum Gasteiger partial charge on any atom is -0.367 e. The fraction of sp³-hybridized carbons (Fsp3) is 0.333. The fourth-order valence-corrected chi connectivity index (χ4v) is 2.03. The number of hydrogen-bond acceptors (Lipinski definition) is 3. The Morgan fingerprint density at radius 1 is 1.31 bits per heavy atom. The minimum atomic E-state index is 0.307. The Kier molecular flexibility index (Phi) is 2.21. The lowest BCUT2D eigenvalue weighted by Crippen LogP contribution is -2.05. The van der Waals surface area contributed by atoms with Gasteiger partial charge in [0.15, 0.2) is 0 Å². The smallest absolute Gasteiger partial charge is 0.224 e. The summed E-state index contributed by atoms with van der Waals surface area (Å²) >= 11 is 5.92. The van der Waals surface area contributed by atoms with Crippen LogP contribution in [0.2, 0.25) is 5.28 Å². The Morgan fingerprint density at radius 3 is 2.88 bits per heavy atom. The molecule has 1 saturated carbocycles. The highest BCUT2D eigenvalue weighted by Crippen LogP contribution is 2.30. The van der Waals surface area contributed by atoms with Crippen molar-refractivity contribution in [2.45, 2.75) is 25.8 Å². The number of hydrogen-bond donors (Lipinski definition) is 1. The number of anilines is 1. The van der Waals surface area contributed by atoms with Crippen molar-refractivity contribution in [1.29, 1.82) is 0 Å². The summed E-state index contributed by atoms with van der Waals surface area (Å²) in [5, 5.41) is 4.79. The molecule has 3 nitrogen and oxygen atoms in total. The highest BCUT2D eigenvalue weighted by molar-refractivity contribution is 6.28. The summed E-state index contributed by atoms with van der Waals surface area (Å²) in [5.41, 5.74) is 2.08. The molecule has 1 fully saturated rings. The van der Waals surface area contributed by atoms with Crippen LogP contribution in [-0.4, -0.2) is 16.0 Å². The number of nitrogens with one attached hydrogen (secondary N) is 1. The molecular formula is C12H12ClN3. The molecular weight excluding hydrogens is 222 g/mol. The maximum atomic E-state index is 5.92. The SMILES string of the molecule is Cc1cccc2nc(Cl)nc(NC3CC3)c12. The predicted octanol–water partition coefficient (Wildman–Crippen LogP) is 3.17. The first-order chi connectivity index (χ1) is 7.74. The van der Waals surface area contributed by atoms with E-state index in [2.05, 4.69) is 28.3 Å². The molecule has 3 rings (SSSR count). The van der Waals surface area contributed by atoms with Crippen molar-refractivity contribution in [2.24, 2.45) is 0 Å². The zero-order valence-electron chi connectivity index (χ0n) is 9.00. The van der Waals surface area contributed by atoms with Crippen LogP contribution in [-0.2, 0) is 0 Å². The summed E-state index contributed by atoms with van der Waals surface area (Å²) in [4.78, 5) is 8.52. The van der Waals surface area contributed by atoms with E-state index in [9.17, 15) is 0 Å². The van der Waals surface area contributed by atoms with E-state index in [4.69, 9.17) is 11.6 Å². The summed E-state index contributed by atoms with van der Waals surface area (Å²) in [5.74, 6) is 0.871. The first-order valence-corrected chi connectivity index (χ1v) is 5.81. The summed E-state index contributed by atoms with van der Waals surface area (Å²) < 4.78 is 0. The van der Waals surface area contributed by atoms with E-state index in [0.717, 1.165) is 16.7 Å². The van der Waals surface area contributed by atoms with Gasteiger partial charge in [0.25, 0.3) is 0 Å². The van der Waals surface area contributed by atoms with E-state index in [1.165, 1.54) is 18.4 Å². The first-order valence-electron chi connectivity index (χ1n) is 5.43. The van der Waals surface area contributed by atoms with Gasteiger partial charge in [0.1, 0.15) is 5.82 Å². The Labute approximate surface area is 98.9 Å². The number of fused-ring (bicyclic) bond motifs is 1.